The summed E-state index contributed by atoms with van der Waals surface area (Å²) in [4.78, 5) is 14.8. The first-order valence-corrected chi connectivity index (χ1v) is 16.0. The Labute approximate surface area is 254 Å². The highest BCUT2D eigenvalue weighted by Gasteiger charge is 2.26. The van der Waals surface area contributed by atoms with Crippen LogP contribution < -0.4 is 9.46 Å². The number of carbonyl (C=O) groups is 1. The molecular weight excluding hydrogens is 571 g/mol. The summed E-state index contributed by atoms with van der Waals surface area (Å²) >= 11 is 0. The minimum absolute atomic E-state index is 0.00328. The Kier molecular flexibility index (Phi) is 10.8. The van der Waals surface area contributed by atoms with E-state index < -0.39 is 15.8 Å². The summed E-state index contributed by atoms with van der Waals surface area (Å²) in [6, 6.07) is 16.8. The second-order valence-corrected chi connectivity index (χ2v) is 13.4. The molecule has 0 saturated carbocycles. The van der Waals surface area contributed by atoms with Crippen molar-refractivity contribution in [1.29, 1.82) is 0 Å². The van der Waals surface area contributed by atoms with Gasteiger partial charge in [0.25, 0.3) is 10.0 Å². The average Bonchev–Trinajstić information content (AvgIpc) is 3.40. The fraction of sp³-hybridized carbons (Fsp3) is 0.424. The number of rotatable bonds is 14. The van der Waals surface area contributed by atoms with Crippen LogP contribution in [-0.2, 0) is 49.2 Å². The summed E-state index contributed by atoms with van der Waals surface area (Å²) in [5.41, 5.74) is 3.64. The van der Waals surface area contributed by atoms with Crippen LogP contribution in [0.1, 0.15) is 55.9 Å². The second kappa shape index (κ2) is 14.3. The van der Waals surface area contributed by atoms with Crippen molar-refractivity contribution in [2.45, 2.75) is 63.4 Å². The second-order valence-electron chi connectivity index (χ2n) is 11.7. The van der Waals surface area contributed by atoms with Crippen molar-refractivity contribution in [2.24, 2.45) is 0 Å². The van der Waals surface area contributed by atoms with E-state index in [-0.39, 0.29) is 28.3 Å². The Morgan fingerprint density at radius 3 is 2.28 bits per heavy atom. The summed E-state index contributed by atoms with van der Waals surface area (Å²) in [5.74, 6) is -0.473. The van der Waals surface area contributed by atoms with Gasteiger partial charge in [0.2, 0.25) is 5.91 Å². The average molecular weight is 613 g/mol. The van der Waals surface area contributed by atoms with Gasteiger partial charge in [-0.05, 0) is 58.4 Å². The van der Waals surface area contributed by atoms with Gasteiger partial charge in [0.1, 0.15) is 5.75 Å². The highest BCUT2D eigenvalue weighted by atomic mass is 32.2. The van der Waals surface area contributed by atoms with Crippen LogP contribution in [0.5, 0.6) is 5.75 Å². The molecule has 3 aromatic carbocycles. The number of anilines is 1. The van der Waals surface area contributed by atoms with Gasteiger partial charge in [0.05, 0.1) is 23.6 Å². The van der Waals surface area contributed by atoms with Crippen molar-refractivity contribution in [1.82, 2.24) is 4.90 Å². The molecule has 43 heavy (non-hydrogen) atoms. The molecule has 0 bridgehead atoms. The predicted octanol–water partition coefficient (Wildman–Crippen LogP) is 5.83. The van der Waals surface area contributed by atoms with E-state index in [1.54, 1.807) is 24.1 Å². The van der Waals surface area contributed by atoms with E-state index in [1.807, 2.05) is 12.1 Å². The van der Waals surface area contributed by atoms with E-state index in [2.05, 4.69) is 37.6 Å². The molecule has 4 rings (SSSR count). The molecule has 1 aliphatic rings. The van der Waals surface area contributed by atoms with Crippen LogP contribution in [0, 0.1) is 5.82 Å². The Bertz CT molecular complexity index is 1500. The molecule has 1 heterocycles. The molecule has 0 radical (unpaired) electrons. The van der Waals surface area contributed by atoms with Gasteiger partial charge < -0.3 is 19.1 Å². The van der Waals surface area contributed by atoms with Crippen LogP contribution in [0.25, 0.3) is 0 Å². The van der Waals surface area contributed by atoms with Crippen molar-refractivity contribution in [2.75, 3.05) is 38.3 Å². The molecule has 8 nitrogen and oxygen atoms in total. The number of sulfonamides is 1. The summed E-state index contributed by atoms with van der Waals surface area (Å²) in [7, 11) is -2.42. The number of carbonyl (C=O) groups excluding carboxylic acids is 1. The van der Waals surface area contributed by atoms with Crippen LogP contribution in [0.2, 0.25) is 0 Å². The normalized spacial score (nSPS) is 13.2. The van der Waals surface area contributed by atoms with E-state index in [1.165, 1.54) is 23.8 Å². The summed E-state index contributed by atoms with van der Waals surface area (Å²) in [6.45, 7) is 9.27. The smallest absolute Gasteiger partial charge is 0.261 e. The Morgan fingerprint density at radius 2 is 1.60 bits per heavy atom. The third-order valence-corrected chi connectivity index (χ3v) is 8.63. The van der Waals surface area contributed by atoms with E-state index in [0.717, 1.165) is 29.2 Å². The molecule has 1 amide bonds. The first-order valence-electron chi connectivity index (χ1n) is 14.5. The van der Waals surface area contributed by atoms with Gasteiger partial charge in [-0.3, -0.25) is 9.52 Å². The fourth-order valence-electron chi connectivity index (χ4n) is 4.75. The van der Waals surface area contributed by atoms with Crippen molar-refractivity contribution < 1.29 is 31.8 Å². The lowest BCUT2D eigenvalue weighted by atomic mass is 9.86. The molecule has 0 aliphatic carbocycles. The summed E-state index contributed by atoms with van der Waals surface area (Å²) < 4.78 is 59.3. The Morgan fingerprint density at radius 1 is 0.907 bits per heavy atom. The van der Waals surface area contributed by atoms with Crippen LogP contribution in [0.4, 0.5) is 10.1 Å². The van der Waals surface area contributed by atoms with Crippen molar-refractivity contribution >= 4 is 21.6 Å². The molecule has 3 aromatic rings. The van der Waals surface area contributed by atoms with E-state index in [4.69, 9.17) is 14.2 Å². The molecule has 232 valence electrons. The highest BCUT2D eigenvalue weighted by molar-refractivity contribution is 7.92. The summed E-state index contributed by atoms with van der Waals surface area (Å²) in [5, 5.41) is 0. The molecular formula is C33H41FN2O6S. The number of hydrogen-bond donors (Lipinski definition) is 1. The first-order chi connectivity index (χ1) is 20.5. The molecule has 0 atom stereocenters. The van der Waals surface area contributed by atoms with Gasteiger partial charge in [-0.1, -0.05) is 51.1 Å². The zero-order chi connectivity index (χ0) is 31.0. The lowest BCUT2D eigenvalue weighted by molar-refractivity contribution is -0.131. The monoisotopic (exact) mass is 612 g/mol. The fourth-order valence-corrected chi connectivity index (χ4v) is 5.87. The van der Waals surface area contributed by atoms with Gasteiger partial charge in [0, 0.05) is 52.5 Å². The maximum atomic E-state index is 14.8. The van der Waals surface area contributed by atoms with Gasteiger partial charge >= 0.3 is 0 Å². The predicted molar refractivity (Wildman–Crippen MR) is 164 cm³/mol. The van der Waals surface area contributed by atoms with Gasteiger partial charge in [-0.2, -0.15) is 0 Å². The minimum atomic E-state index is -4.07. The van der Waals surface area contributed by atoms with Gasteiger partial charge in [-0.25, -0.2) is 12.8 Å². The number of nitrogens with zero attached hydrogens (tertiary/aromatic N) is 1. The topological polar surface area (TPSA) is 94.2 Å². The lowest BCUT2D eigenvalue weighted by Gasteiger charge is -2.19. The summed E-state index contributed by atoms with van der Waals surface area (Å²) in [6.07, 6.45) is 1.72. The number of benzene rings is 3. The molecule has 0 spiro atoms. The molecule has 0 aromatic heterocycles. The molecule has 1 N–H and O–H groups in total. The van der Waals surface area contributed by atoms with Crippen molar-refractivity contribution in [3.05, 3.63) is 88.7 Å². The van der Waals surface area contributed by atoms with Crippen LogP contribution in [0.3, 0.4) is 0 Å². The third-order valence-electron chi connectivity index (χ3n) is 7.26. The molecule has 0 unspecified atom stereocenters. The zero-order valence-corrected chi connectivity index (χ0v) is 26.1. The third kappa shape index (κ3) is 9.01. The van der Waals surface area contributed by atoms with Crippen molar-refractivity contribution in [3.8, 4) is 5.75 Å². The lowest BCUT2D eigenvalue weighted by Crippen LogP contribution is -2.26. The Hall–Kier alpha value is -3.47. The first kappa shape index (κ1) is 32.4. The van der Waals surface area contributed by atoms with Crippen LogP contribution in [0.15, 0.2) is 65.6 Å². The van der Waals surface area contributed by atoms with E-state index in [9.17, 15) is 17.6 Å². The highest BCUT2D eigenvalue weighted by Crippen LogP contribution is 2.29. The molecule has 10 heteroatoms. The largest absolute Gasteiger partial charge is 0.493 e. The van der Waals surface area contributed by atoms with Crippen LogP contribution in [-0.4, -0.2) is 52.8 Å². The van der Waals surface area contributed by atoms with Crippen molar-refractivity contribution in [3.63, 3.8) is 0 Å². The Balaban J connectivity index is 1.31. The molecule has 0 fully saturated rings. The number of fused-ring (bicyclic) bond motifs is 1. The van der Waals surface area contributed by atoms with E-state index >= 15 is 0 Å². The van der Waals surface area contributed by atoms with Gasteiger partial charge in [0.15, 0.2) is 5.82 Å². The SMILES string of the molecule is COCCCOCCCOc1ccc(NS(=O)(=O)c2ccc3c(c2)CN(C(=O)Cc2ccc(C(C)(C)C)cc2)C3)c(F)c1. The molecule has 0 saturated heterocycles. The molecule has 1 aliphatic heterocycles. The quantitative estimate of drug-likeness (QED) is 0.230. The number of methoxy groups -OCH3 is 1. The maximum Gasteiger partial charge on any atom is 0.261 e. The van der Waals surface area contributed by atoms with Gasteiger partial charge in [-0.15, -0.1) is 0 Å². The maximum absolute atomic E-state index is 14.8. The van der Waals surface area contributed by atoms with Crippen LogP contribution >= 0.6 is 0 Å². The standard InChI is InChI=1S/C33H41FN2O6S/c1-33(2,3)27-10-7-24(8-11-27)19-32(37)36-22-25-9-13-29(20-26(25)23-36)43(38,39)35-31-14-12-28(21-30(31)34)42-18-6-17-41-16-5-15-40-4/h7-14,20-21,35H,5-6,15-19,22-23H2,1-4H3. The minimum Gasteiger partial charge on any atom is -0.493 e. The number of ether oxygens (including phenoxy) is 3. The number of amides is 1. The number of nitrogens with one attached hydrogen (secondary N) is 1. The van der Waals surface area contributed by atoms with E-state index in [0.29, 0.717) is 51.7 Å². The zero-order valence-electron chi connectivity index (χ0n) is 25.3. The number of hydrogen-bond acceptors (Lipinski definition) is 6. The number of halogens is 1.